The fraction of sp³-hybridized carbons (Fsp3) is 0. The number of benzene rings is 1. The Kier molecular flexibility index (Phi) is 4.15. The Morgan fingerprint density at radius 1 is 1.00 bits per heavy atom. The summed E-state index contributed by atoms with van der Waals surface area (Å²) in [5.74, 6) is 0. The summed E-state index contributed by atoms with van der Waals surface area (Å²) in [6.07, 6.45) is 5.89. The minimum atomic E-state index is -3.84. The highest BCUT2D eigenvalue weighted by Gasteiger charge is 2.20. The summed E-state index contributed by atoms with van der Waals surface area (Å²) in [5, 5.41) is 9.90. The Bertz CT molecular complexity index is 1290. The van der Waals surface area contributed by atoms with E-state index >= 15 is 0 Å². The van der Waals surface area contributed by atoms with E-state index in [9.17, 15) is 8.42 Å². The molecule has 0 aliphatic rings. The predicted molar refractivity (Wildman–Crippen MR) is 102 cm³/mol. The van der Waals surface area contributed by atoms with Crippen molar-refractivity contribution in [3.8, 4) is 17.2 Å². The molecule has 0 N–H and O–H groups in total. The van der Waals surface area contributed by atoms with Gasteiger partial charge in [-0.2, -0.15) is 5.26 Å². The highest BCUT2D eigenvalue weighted by atomic mass is 35.5. The summed E-state index contributed by atoms with van der Waals surface area (Å²) in [4.78, 5) is 8.08. The van der Waals surface area contributed by atoms with Gasteiger partial charge >= 0.3 is 0 Å². The van der Waals surface area contributed by atoms with Gasteiger partial charge < -0.3 is 0 Å². The fourth-order valence-electron chi connectivity index (χ4n) is 2.83. The van der Waals surface area contributed by atoms with Gasteiger partial charge in [-0.1, -0.05) is 23.7 Å². The first-order valence-corrected chi connectivity index (χ1v) is 9.65. The molecule has 0 saturated carbocycles. The van der Waals surface area contributed by atoms with Gasteiger partial charge in [-0.3, -0.25) is 4.98 Å². The highest BCUT2D eigenvalue weighted by molar-refractivity contribution is 7.90. The van der Waals surface area contributed by atoms with Crippen molar-refractivity contribution in [1.82, 2.24) is 13.9 Å². The van der Waals surface area contributed by atoms with Crippen LogP contribution in [0, 0.1) is 11.3 Å². The molecule has 0 unspecified atom stereocenters. The highest BCUT2D eigenvalue weighted by Crippen LogP contribution is 2.30. The molecule has 6 nitrogen and oxygen atoms in total. The molecule has 1 aromatic carbocycles. The van der Waals surface area contributed by atoms with Crippen LogP contribution in [0.5, 0.6) is 0 Å². The molecule has 0 bridgehead atoms. The second-order valence-electron chi connectivity index (χ2n) is 5.74. The maximum atomic E-state index is 13.0. The van der Waals surface area contributed by atoms with E-state index in [0.29, 0.717) is 11.1 Å². The largest absolute Gasteiger partial charge is 0.269 e. The summed E-state index contributed by atoms with van der Waals surface area (Å²) in [6, 6.07) is 13.7. The quantitative estimate of drug-likeness (QED) is 0.492. The van der Waals surface area contributed by atoms with Crippen LogP contribution in [0.4, 0.5) is 0 Å². The number of rotatable bonds is 3. The molecule has 0 radical (unpaired) electrons. The molecule has 0 atom stereocenters. The van der Waals surface area contributed by atoms with Gasteiger partial charge in [0, 0.05) is 29.5 Å². The van der Waals surface area contributed by atoms with E-state index in [1.54, 1.807) is 24.4 Å². The Balaban J connectivity index is 1.87. The van der Waals surface area contributed by atoms with E-state index in [0.717, 1.165) is 16.5 Å². The number of nitrogens with zero attached hydrogens (tertiary/aromatic N) is 4. The third-order valence-electron chi connectivity index (χ3n) is 4.16. The molecule has 3 aromatic heterocycles. The van der Waals surface area contributed by atoms with E-state index in [4.69, 9.17) is 16.9 Å². The third kappa shape index (κ3) is 2.95. The Morgan fingerprint density at radius 3 is 2.44 bits per heavy atom. The number of hydrogen-bond donors (Lipinski definition) is 0. The SMILES string of the molecule is N#Cc1ccc(-c2cncc3c2ccn3S(=O)(=O)c2ccc(Cl)nc2)cc1. The van der Waals surface area contributed by atoms with E-state index in [-0.39, 0.29) is 10.0 Å². The van der Waals surface area contributed by atoms with Crippen LogP contribution in [0.1, 0.15) is 5.56 Å². The molecule has 0 amide bonds. The zero-order valence-electron chi connectivity index (χ0n) is 13.7. The lowest BCUT2D eigenvalue weighted by Crippen LogP contribution is -2.12. The molecule has 4 rings (SSSR count). The van der Waals surface area contributed by atoms with E-state index in [2.05, 4.69) is 16.0 Å². The van der Waals surface area contributed by atoms with Crippen molar-refractivity contribution in [2.75, 3.05) is 0 Å². The third-order valence-corrected chi connectivity index (χ3v) is 6.06. The maximum Gasteiger partial charge on any atom is 0.269 e. The van der Waals surface area contributed by atoms with Gasteiger partial charge in [0.2, 0.25) is 0 Å². The fourth-order valence-corrected chi connectivity index (χ4v) is 4.22. The van der Waals surface area contributed by atoms with Crippen molar-refractivity contribution in [3.63, 3.8) is 0 Å². The molecule has 0 aliphatic carbocycles. The molecule has 132 valence electrons. The predicted octanol–water partition coefficient (Wildman–Crippen LogP) is 3.86. The number of aromatic nitrogens is 3. The van der Waals surface area contributed by atoms with Crippen LogP contribution >= 0.6 is 11.6 Å². The maximum absolute atomic E-state index is 13.0. The molecule has 8 heteroatoms. The lowest BCUT2D eigenvalue weighted by Gasteiger charge is -2.08. The summed E-state index contributed by atoms with van der Waals surface area (Å²) in [7, 11) is -3.84. The molecule has 3 heterocycles. The normalized spacial score (nSPS) is 11.4. The minimum Gasteiger partial charge on any atom is -0.262 e. The second-order valence-corrected chi connectivity index (χ2v) is 7.94. The molecule has 0 saturated heterocycles. The zero-order chi connectivity index (χ0) is 19.0. The summed E-state index contributed by atoms with van der Waals surface area (Å²) < 4.78 is 27.1. The molecular formula is C19H11ClN4O2S. The topological polar surface area (TPSA) is 88.6 Å². The van der Waals surface area contributed by atoms with E-state index in [1.807, 2.05) is 12.1 Å². The Morgan fingerprint density at radius 2 is 1.78 bits per heavy atom. The van der Waals surface area contributed by atoms with Crippen LogP contribution in [0.2, 0.25) is 5.15 Å². The molecule has 0 aliphatic heterocycles. The summed E-state index contributed by atoms with van der Waals surface area (Å²) in [5.41, 5.74) is 2.62. The van der Waals surface area contributed by atoms with Crippen molar-refractivity contribution in [1.29, 1.82) is 5.26 Å². The van der Waals surface area contributed by atoms with Crippen LogP contribution in [0.3, 0.4) is 0 Å². The molecular weight excluding hydrogens is 384 g/mol. The molecule has 4 aromatic rings. The number of halogens is 1. The lowest BCUT2D eigenvalue weighted by molar-refractivity contribution is 0.588. The minimum absolute atomic E-state index is 0.0353. The van der Waals surface area contributed by atoms with Crippen molar-refractivity contribution in [3.05, 3.63) is 78.0 Å². The number of fused-ring (bicyclic) bond motifs is 1. The van der Waals surface area contributed by atoms with Crippen molar-refractivity contribution >= 4 is 32.5 Å². The summed E-state index contributed by atoms with van der Waals surface area (Å²) in [6.45, 7) is 0. The van der Waals surface area contributed by atoms with Crippen LogP contribution in [0.15, 0.2) is 72.1 Å². The van der Waals surface area contributed by atoms with Crippen LogP contribution in [-0.4, -0.2) is 22.4 Å². The van der Waals surface area contributed by atoms with Crippen molar-refractivity contribution < 1.29 is 8.42 Å². The van der Waals surface area contributed by atoms with Crippen molar-refractivity contribution in [2.24, 2.45) is 0 Å². The molecule has 0 spiro atoms. The summed E-state index contributed by atoms with van der Waals surface area (Å²) >= 11 is 5.75. The monoisotopic (exact) mass is 394 g/mol. The van der Waals surface area contributed by atoms with Gasteiger partial charge in [-0.05, 0) is 35.9 Å². The second kappa shape index (κ2) is 6.50. The lowest BCUT2D eigenvalue weighted by atomic mass is 10.0. The van der Waals surface area contributed by atoms with E-state index < -0.39 is 10.0 Å². The first-order valence-electron chi connectivity index (χ1n) is 7.83. The van der Waals surface area contributed by atoms with Crippen LogP contribution in [-0.2, 0) is 10.0 Å². The Hall–Kier alpha value is -3.21. The van der Waals surface area contributed by atoms with Gasteiger partial charge in [0.05, 0.1) is 23.3 Å². The van der Waals surface area contributed by atoms with Gasteiger partial charge in [0.1, 0.15) is 10.0 Å². The number of hydrogen-bond acceptors (Lipinski definition) is 5. The average molecular weight is 395 g/mol. The molecule has 27 heavy (non-hydrogen) atoms. The standard InChI is InChI=1S/C19H11ClN4O2S/c20-19-6-5-15(10-23-19)27(25,26)24-8-7-16-17(11-22-12-18(16)24)14-3-1-13(9-21)2-4-14/h1-8,10-12H. The van der Waals surface area contributed by atoms with Gasteiger partial charge in [-0.15, -0.1) is 0 Å². The number of nitriles is 1. The first kappa shape index (κ1) is 17.2. The zero-order valence-corrected chi connectivity index (χ0v) is 15.3. The van der Waals surface area contributed by atoms with Gasteiger partial charge in [0.25, 0.3) is 10.0 Å². The van der Waals surface area contributed by atoms with Crippen molar-refractivity contribution in [2.45, 2.75) is 4.90 Å². The first-order chi connectivity index (χ1) is 13.0. The van der Waals surface area contributed by atoms with Crippen LogP contribution in [0.25, 0.3) is 22.0 Å². The average Bonchev–Trinajstić information content (AvgIpc) is 3.13. The Labute approximate surface area is 160 Å². The number of pyridine rings is 2. The smallest absolute Gasteiger partial charge is 0.262 e. The van der Waals surface area contributed by atoms with Gasteiger partial charge in [0.15, 0.2) is 0 Å². The van der Waals surface area contributed by atoms with Crippen LogP contribution < -0.4 is 0 Å². The molecule has 0 fully saturated rings. The van der Waals surface area contributed by atoms with Gasteiger partial charge in [-0.25, -0.2) is 17.4 Å². The van der Waals surface area contributed by atoms with E-state index in [1.165, 1.54) is 34.7 Å².